The molecule has 0 saturated heterocycles. The highest BCUT2D eigenvalue weighted by atomic mass is 32.2. The Morgan fingerprint density at radius 2 is 2.00 bits per heavy atom. The third-order valence-electron chi connectivity index (χ3n) is 4.05. The van der Waals surface area contributed by atoms with Gasteiger partial charge in [-0.2, -0.15) is 0 Å². The summed E-state index contributed by atoms with van der Waals surface area (Å²) in [5.41, 5.74) is 1.10. The number of benzene rings is 2. The van der Waals surface area contributed by atoms with Crippen molar-refractivity contribution in [1.82, 2.24) is 4.72 Å². The van der Waals surface area contributed by atoms with Crippen molar-refractivity contribution in [3.05, 3.63) is 48.0 Å². The van der Waals surface area contributed by atoms with E-state index in [0.29, 0.717) is 30.2 Å². The Kier molecular flexibility index (Phi) is 5.15. The predicted molar refractivity (Wildman–Crippen MR) is 96.9 cm³/mol. The fourth-order valence-electron chi connectivity index (χ4n) is 2.86. The van der Waals surface area contributed by atoms with Gasteiger partial charge in [0, 0.05) is 18.9 Å². The summed E-state index contributed by atoms with van der Waals surface area (Å²) in [6, 6.07) is 11.3. The van der Waals surface area contributed by atoms with Crippen LogP contribution in [-0.2, 0) is 14.8 Å². The fraction of sp³-hybridized carbons (Fsp3) is 0.278. The van der Waals surface area contributed by atoms with E-state index in [9.17, 15) is 13.2 Å². The van der Waals surface area contributed by atoms with Crippen molar-refractivity contribution in [2.75, 3.05) is 19.0 Å². The second-order valence-corrected chi connectivity index (χ2v) is 7.61. The van der Waals surface area contributed by atoms with Gasteiger partial charge < -0.3 is 14.8 Å². The summed E-state index contributed by atoms with van der Waals surface area (Å²) in [6.45, 7) is 1.78. The molecule has 8 heteroatoms. The van der Waals surface area contributed by atoms with Crippen LogP contribution in [0.15, 0.2) is 47.4 Å². The van der Waals surface area contributed by atoms with Crippen molar-refractivity contribution < 1.29 is 22.7 Å². The normalized spacial score (nSPS) is 16.3. The molecule has 0 spiro atoms. The van der Waals surface area contributed by atoms with Crippen molar-refractivity contribution >= 4 is 21.6 Å². The van der Waals surface area contributed by atoms with Gasteiger partial charge >= 0.3 is 0 Å². The number of carbonyl (C=O) groups is 1. The molecular formula is C18H20N2O5S. The van der Waals surface area contributed by atoms with Crippen molar-refractivity contribution in [2.24, 2.45) is 0 Å². The van der Waals surface area contributed by atoms with Crippen molar-refractivity contribution in [1.29, 1.82) is 0 Å². The molecule has 0 saturated carbocycles. The number of methoxy groups -OCH3 is 1. The standard InChI is InChI=1S/C18H20N2O5S/c1-12(21)19-16-11-13(7-8-18(16)24-2)26(22,23)20-15-9-10-25-17-6-4-3-5-14(15)17/h3-8,11,15,20H,9-10H2,1-2H3,(H,19,21)/t15-/m0/s1. The van der Waals surface area contributed by atoms with Gasteiger partial charge in [-0.25, -0.2) is 13.1 Å². The van der Waals surface area contributed by atoms with Crippen LogP contribution >= 0.6 is 0 Å². The molecule has 0 aliphatic carbocycles. The molecule has 0 unspecified atom stereocenters. The van der Waals surface area contributed by atoms with Crippen LogP contribution in [0.3, 0.4) is 0 Å². The Balaban J connectivity index is 1.91. The molecule has 0 fully saturated rings. The summed E-state index contributed by atoms with van der Waals surface area (Å²) < 4.78 is 39.1. The molecule has 3 rings (SSSR count). The molecule has 2 N–H and O–H groups in total. The first kappa shape index (κ1) is 18.2. The third-order valence-corrected chi connectivity index (χ3v) is 5.52. The molecule has 138 valence electrons. The molecule has 1 amide bonds. The quantitative estimate of drug-likeness (QED) is 0.836. The number of hydrogen-bond acceptors (Lipinski definition) is 5. The van der Waals surface area contributed by atoms with Crippen molar-refractivity contribution in [2.45, 2.75) is 24.3 Å². The molecule has 26 heavy (non-hydrogen) atoms. The van der Waals surface area contributed by atoms with Gasteiger partial charge in [0.05, 0.1) is 30.3 Å². The number of para-hydroxylation sites is 1. The monoisotopic (exact) mass is 376 g/mol. The molecule has 1 aliphatic rings. The van der Waals surface area contributed by atoms with Gasteiger partial charge in [-0.15, -0.1) is 0 Å². The second kappa shape index (κ2) is 7.35. The van der Waals surface area contributed by atoms with E-state index in [4.69, 9.17) is 9.47 Å². The Hall–Kier alpha value is -2.58. The summed E-state index contributed by atoms with van der Waals surface area (Å²) in [7, 11) is -2.35. The summed E-state index contributed by atoms with van der Waals surface area (Å²) in [4.78, 5) is 11.4. The summed E-state index contributed by atoms with van der Waals surface area (Å²) >= 11 is 0. The lowest BCUT2D eigenvalue weighted by Crippen LogP contribution is -2.32. The number of ether oxygens (including phenoxy) is 2. The van der Waals surface area contributed by atoms with Crippen LogP contribution in [0.4, 0.5) is 5.69 Å². The Labute approximate surface area is 152 Å². The lowest BCUT2D eigenvalue weighted by atomic mass is 10.0. The first-order valence-electron chi connectivity index (χ1n) is 8.10. The van der Waals surface area contributed by atoms with E-state index < -0.39 is 10.0 Å². The van der Waals surface area contributed by atoms with E-state index in [2.05, 4.69) is 10.0 Å². The molecule has 7 nitrogen and oxygen atoms in total. The van der Waals surface area contributed by atoms with Crippen LogP contribution in [0.5, 0.6) is 11.5 Å². The number of rotatable bonds is 5. The van der Waals surface area contributed by atoms with Crippen LogP contribution in [0.2, 0.25) is 0 Å². The minimum absolute atomic E-state index is 0.0472. The van der Waals surface area contributed by atoms with E-state index >= 15 is 0 Å². The summed E-state index contributed by atoms with van der Waals surface area (Å²) in [5, 5.41) is 2.58. The Morgan fingerprint density at radius 1 is 1.23 bits per heavy atom. The molecule has 2 aromatic rings. The average Bonchev–Trinajstić information content (AvgIpc) is 2.61. The number of nitrogens with one attached hydrogen (secondary N) is 2. The summed E-state index contributed by atoms with van der Waals surface area (Å²) in [5.74, 6) is 0.750. The maximum Gasteiger partial charge on any atom is 0.241 e. The van der Waals surface area contributed by atoms with Gasteiger partial charge in [0.2, 0.25) is 15.9 Å². The molecule has 1 aliphatic heterocycles. The minimum Gasteiger partial charge on any atom is -0.495 e. The zero-order chi connectivity index (χ0) is 18.7. The number of amides is 1. The molecule has 1 heterocycles. The highest BCUT2D eigenvalue weighted by Gasteiger charge is 2.27. The minimum atomic E-state index is -3.80. The van der Waals surface area contributed by atoms with E-state index in [1.807, 2.05) is 24.3 Å². The lowest BCUT2D eigenvalue weighted by Gasteiger charge is -2.26. The van der Waals surface area contributed by atoms with E-state index in [-0.39, 0.29) is 16.8 Å². The number of fused-ring (bicyclic) bond motifs is 1. The SMILES string of the molecule is COc1ccc(S(=O)(=O)N[C@H]2CCOc3ccccc32)cc1NC(C)=O. The molecule has 0 radical (unpaired) electrons. The van der Waals surface area contributed by atoms with Crippen LogP contribution in [0, 0.1) is 0 Å². The predicted octanol–water partition coefficient (Wildman–Crippen LogP) is 2.46. The van der Waals surface area contributed by atoms with Gasteiger partial charge in [-0.05, 0) is 24.3 Å². The van der Waals surface area contributed by atoms with Crippen LogP contribution in [-0.4, -0.2) is 28.0 Å². The average molecular weight is 376 g/mol. The fourth-order valence-corrected chi connectivity index (χ4v) is 4.14. The maximum absolute atomic E-state index is 12.8. The first-order valence-corrected chi connectivity index (χ1v) is 9.59. The van der Waals surface area contributed by atoms with E-state index in [1.165, 1.54) is 32.2 Å². The van der Waals surface area contributed by atoms with E-state index in [0.717, 1.165) is 5.56 Å². The van der Waals surface area contributed by atoms with Crippen LogP contribution < -0.4 is 19.5 Å². The molecule has 0 aromatic heterocycles. The van der Waals surface area contributed by atoms with Gasteiger partial charge in [0.15, 0.2) is 0 Å². The van der Waals surface area contributed by atoms with Gasteiger partial charge in [0.1, 0.15) is 11.5 Å². The molecule has 0 bridgehead atoms. The third kappa shape index (κ3) is 3.81. The maximum atomic E-state index is 12.8. The second-order valence-electron chi connectivity index (χ2n) is 5.89. The zero-order valence-corrected chi connectivity index (χ0v) is 15.3. The first-order chi connectivity index (χ1) is 12.4. The number of hydrogen-bond donors (Lipinski definition) is 2. The number of sulfonamides is 1. The molecular weight excluding hydrogens is 356 g/mol. The highest BCUT2D eigenvalue weighted by Crippen LogP contribution is 2.33. The smallest absolute Gasteiger partial charge is 0.241 e. The van der Waals surface area contributed by atoms with Crippen molar-refractivity contribution in [3.63, 3.8) is 0 Å². The molecule has 1 atom stereocenters. The van der Waals surface area contributed by atoms with Gasteiger partial charge in [-0.1, -0.05) is 18.2 Å². The number of anilines is 1. The topological polar surface area (TPSA) is 93.7 Å². The summed E-state index contributed by atoms with van der Waals surface area (Å²) in [6.07, 6.45) is 0.533. The van der Waals surface area contributed by atoms with Gasteiger partial charge in [-0.3, -0.25) is 4.79 Å². The van der Waals surface area contributed by atoms with Crippen LogP contribution in [0.25, 0.3) is 0 Å². The molecule has 2 aromatic carbocycles. The Bertz CT molecular complexity index is 927. The van der Waals surface area contributed by atoms with E-state index in [1.54, 1.807) is 0 Å². The zero-order valence-electron chi connectivity index (χ0n) is 14.5. The largest absolute Gasteiger partial charge is 0.495 e. The van der Waals surface area contributed by atoms with Crippen LogP contribution in [0.1, 0.15) is 24.9 Å². The van der Waals surface area contributed by atoms with Crippen molar-refractivity contribution in [3.8, 4) is 11.5 Å². The number of carbonyl (C=O) groups excluding carboxylic acids is 1. The lowest BCUT2D eigenvalue weighted by molar-refractivity contribution is -0.114. The highest BCUT2D eigenvalue weighted by molar-refractivity contribution is 7.89. The Morgan fingerprint density at radius 3 is 2.73 bits per heavy atom. The van der Waals surface area contributed by atoms with Gasteiger partial charge in [0.25, 0.3) is 0 Å².